The fourth-order valence-electron chi connectivity index (χ4n) is 1.62. The lowest BCUT2D eigenvalue weighted by molar-refractivity contribution is -0.149. The SMILES string of the molecule is CCOCC(NC(=O)C1(C(=O)O)CC1)C(C)C. The Morgan fingerprint density at radius 1 is 1.41 bits per heavy atom. The normalized spacial score (nSPS) is 18.8. The highest BCUT2D eigenvalue weighted by Crippen LogP contribution is 2.46. The Morgan fingerprint density at radius 2 is 2.00 bits per heavy atom. The zero-order valence-electron chi connectivity index (χ0n) is 10.7. The molecule has 0 heterocycles. The summed E-state index contributed by atoms with van der Waals surface area (Å²) in [5.74, 6) is -1.17. The van der Waals surface area contributed by atoms with Crippen molar-refractivity contribution < 1.29 is 19.4 Å². The molecule has 5 heteroatoms. The Balaban J connectivity index is 2.55. The Labute approximate surface area is 102 Å². The first-order valence-corrected chi connectivity index (χ1v) is 6.06. The molecule has 17 heavy (non-hydrogen) atoms. The van der Waals surface area contributed by atoms with Crippen LogP contribution in [0.3, 0.4) is 0 Å². The molecule has 0 aromatic heterocycles. The van der Waals surface area contributed by atoms with Gasteiger partial charge < -0.3 is 15.2 Å². The van der Waals surface area contributed by atoms with Gasteiger partial charge in [0.25, 0.3) is 0 Å². The summed E-state index contributed by atoms with van der Waals surface area (Å²) < 4.78 is 5.29. The van der Waals surface area contributed by atoms with Gasteiger partial charge in [-0.3, -0.25) is 9.59 Å². The maximum absolute atomic E-state index is 11.9. The number of rotatable bonds is 7. The van der Waals surface area contributed by atoms with E-state index >= 15 is 0 Å². The molecule has 1 atom stereocenters. The van der Waals surface area contributed by atoms with E-state index in [0.29, 0.717) is 26.1 Å². The summed E-state index contributed by atoms with van der Waals surface area (Å²) in [5, 5.41) is 11.8. The molecule has 0 bridgehead atoms. The van der Waals surface area contributed by atoms with E-state index in [4.69, 9.17) is 9.84 Å². The quantitative estimate of drug-likeness (QED) is 0.655. The summed E-state index contributed by atoms with van der Waals surface area (Å²) in [6.45, 7) is 6.85. The molecule has 0 saturated heterocycles. The van der Waals surface area contributed by atoms with E-state index in [1.54, 1.807) is 0 Å². The first-order chi connectivity index (χ1) is 7.94. The highest BCUT2D eigenvalue weighted by molar-refractivity contribution is 6.04. The third kappa shape index (κ3) is 3.19. The summed E-state index contributed by atoms with van der Waals surface area (Å²) in [6.07, 6.45) is 0.876. The van der Waals surface area contributed by atoms with E-state index in [9.17, 15) is 9.59 Å². The minimum Gasteiger partial charge on any atom is -0.480 e. The van der Waals surface area contributed by atoms with Crippen LogP contribution in [0, 0.1) is 11.3 Å². The van der Waals surface area contributed by atoms with Crippen LogP contribution in [-0.4, -0.2) is 36.2 Å². The van der Waals surface area contributed by atoms with E-state index < -0.39 is 11.4 Å². The molecule has 5 nitrogen and oxygen atoms in total. The predicted octanol–water partition coefficient (Wildman–Crippen LogP) is 1.03. The van der Waals surface area contributed by atoms with Gasteiger partial charge in [0.1, 0.15) is 5.41 Å². The molecule has 0 radical (unpaired) electrons. The van der Waals surface area contributed by atoms with Gasteiger partial charge in [0.2, 0.25) is 5.91 Å². The van der Waals surface area contributed by atoms with E-state index in [1.807, 2.05) is 20.8 Å². The Bertz CT molecular complexity index is 297. The number of nitrogens with one attached hydrogen (secondary N) is 1. The van der Waals surface area contributed by atoms with E-state index in [0.717, 1.165) is 0 Å². The Morgan fingerprint density at radius 3 is 2.35 bits per heavy atom. The van der Waals surface area contributed by atoms with Crippen LogP contribution >= 0.6 is 0 Å². The molecule has 0 aliphatic heterocycles. The van der Waals surface area contributed by atoms with Gasteiger partial charge in [0.05, 0.1) is 12.6 Å². The van der Waals surface area contributed by atoms with Crippen molar-refractivity contribution in [3.63, 3.8) is 0 Å². The molecule has 0 aromatic rings. The lowest BCUT2D eigenvalue weighted by atomic mass is 10.0. The zero-order valence-corrected chi connectivity index (χ0v) is 10.7. The van der Waals surface area contributed by atoms with Crippen LogP contribution in [-0.2, 0) is 14.3 Å². The van der Waals surface area contributed by atoms with Gasteiger partial charge in [-0.15, -0.1) is 0 Å². The third-order valence-corrected chi connectivity index (χ3v) is 3.22. The number of aliphatic carboxylic acids is 1. The molecule has 0 spiro atoms. The van der Waals surface area contributed by atoms with Crippen LogP contribution in [0.5, 0.6) is 0 Å². The maximum Gasteiger partial charge on any atom is 0.319 e. The standard InChI is InChI=1S/C12H21NO4/c1-4-17-7-9(8(2)3)13-10(14)12(5-6-12)11(15)16/h8-9H,4-7H2,1-3H3,(H,13,14)(H,15,16). The van der Waals surface area contributed by atoms with Crippen molar-refractivity contribution in [2.75, 3.05) is 13.2 Å². The molecule has 2 N–H and O–H groups in total. The summed E-state index contributed by atoms with van der Waals surface area (Å²) >= 11 is 0. The molecule has 1 aliphatic carbocycles. The molecule has 98 valence electrons. The number of carboxylic acid groups (broad SMARTS) is 1. The zero-order chi connectivity index (χ0) is 13.1. The molecule has 1 unspecified atom stereocenters. The number of carbonyl (C=O) groups excluding carboxylic acids is 1. The number of hydrogen-bond donors (Lipinski definition) is 2. The first kappa shape index (κ1) is 14.0. The van der Waals surface area contributed by atoms with E-state index in [-0.39, 0.29) is 17.9 Å². The van der Waals surface area contributed by atoms with Gasteiger partial charge in [-0.2, -0.15) is 0 Å². The van der Waals surface area contributed by atoms with Crippen molar-refractivity contribution in [3.05, 3.63) is 0 Å². The second-order valence-corrected chi connectivity index (χ2v) is 4.87. The molecular weight excluding hydrogens is 222 g/mol. The predicted molar refractivity (Wildman–Crippen MR) is 62.6 cm³/mol. The van der Waals surface area contributed by atoms with Gasteiger partial charge in [-0.25, -0.2) is 0 Å². The van der Waals surface area contributed by atoms with Gasteiger partial charge in [0, 0.05) is 6.61 Å². The third-order valence-electron chi connectivity index (χ3n) is 3.22. The number of ether oxygens (including phenoxy) is 1. The van der Waals surface area contributed by atoms with Crippen molar-refractivity contribution in [2.45, 2.75) is 39.7 Å². The maximum atomic E-state index is 11.9. The summed E-state index contributed by atoms with van der Waals surface area (Å²) in [6, 6.07) is -0.126. The minimum absolute atomic E-state index is 0.126. The smallest absolute Gasteiger partial charge is 0.319 e. The highest BCUT2D eigenvalue weighted by atomic mass is 16.5. The first-order valence-electron chi connectivity index (χ1n) is 6.06. The van der Waals surface area contributed by atoms with Crippen molar-refractivity contribution >= 4 is 11.9 Å². The molecule has 1 fully saturated rings. The molecule has 1 aliphatic rings. The minimum atomic E-state index is -1.17. The van der Waals surface area contributed by atoms with Crippen LogP contribution in [0.25, 0.3) is 0 Å². The number of hydrogen-bond acceptors (Lipinski definition) is 3. The van der Waals surface area contributed by atoms with Crippen molar-refractivity contribution in [1.82, 2.24) is 5.32 Å². The highest BCUT2D eigenvalue weighted by Gasteiger charge is 2.57. The molecule has 1 rings (SSSR count). The van der Waals surface area contributed by atoms with Gasteiger partial charge >= 0.3 is 5.97 Å². The van der Waals surface area contributed by atoms with Crippen molar-refractivity contribution in [1.29, 1.82) is 0 Å². The molecular formula is C12H21NO4. The van der Waals surface area contributed by atoms with Crippen LogP contribution in [0.15, 0.2) is 0 Å². The average Bonchev–Trinajstić information content (AvgIpc) is 3.04. The van der Waals surface area contributed by atoms with Crippen molar-refractivity contribution in [3.8, 4) is 0 Å². The van der Waals surface area contributed by atoms with E-state index in [1.165, 1.54) is 0 Å². The van der Waals surface area contributed by atoms with Crippen LogP contribution in [0.4, 0.5) is 0 Å². The molecule has 1 saturated carbocycles. The van der Waals surface area contributed by atoms with Gasteiger partial charge in [0.15, 0.2) is 0 Å². The second-order valence-electron chi connectivity index (χ2n) is 4.87. The topological polar surface area (TPSA) is 75.6 Å². The van der Waals surface area contributed by atoms with Gasteiger partial charge in [-0.05, 0) is 25.7 Å². The summed E-state index contributed by atoms with van der Waals surface area (Å²) in [4.78, 5) is 22.9. The average molecular weight is 243 g/mol. The number of amides is 1. The fraction of sp³-hybridized carbons (Fsp3) is 0.833. The van der Waals surface area contributed by atoms with E-state index in [2.05, 4.69) is 5.32 Å². The summed E-state index contributed by atoms with van der Waals surface area (Å²) in [7, 11) is 0. The Hall–Kier alpha value is -1.10. The number of carbonyl (C=O) groups is 2. The number of carboxylic acids is 1. The van der Waals surface area contributed by atoms with Crippen LogP contribution in [0.2, 0.25) is 0 Å². The summed E-state index contributed by atoms with van der Waals surface area (Å²) in [5.41, 5.74) is -1.17. The Kier molecular flexibility index (Phi) is 4.51. The lowest BCUT2D eigenvalue weighted by Gasteiger charge is -2.23. The lowest BCUT2D eigenvalue weighted by Crippen LogP contribution is -2.47. The van der Waals surface area contributed by atoms with Gasteiger partial charge in [-0.1, -0.05) is 13.8 Å². The monoisotopic (exact) mass is 243 g/mol. The fourth-order valence-corrected chi connectivity index (χ4v) is 1.62. The second kappa shape index (κ2) is 5.49. The molecule has 1 amide bonds. The molecule has 0 aromatic carbocycles. The van der Waals surface area contributed by atoms with Crippen LogP contribution < -0.4 is 5.32 Å². The van der Waals surface area contributed by atoms with Crippen LogP contribution in [0.1, 0.15) is 33.6 Å². The largest absolute Gasteiger partial charge is 0.480 e. The van der Waals surface area contributed by atoms with Crippen molar-refractivity contribution in [2.24, 2.45) is 11.3 Å².